The van der Waals surface area contributed by atoms with Crippen molar-refractivity contribution in [1.29, 1.82) is 0 Å². The lowest BCUT2D eigenvalue weighted by atomic mass is 10.00. The van der Waals surface area contributed by atoms with Gasteiger partial charge < -0.3 is 0 Å². The van der Waals surface area contributed by atoms with Crippen LogP contribution in [0.2, 0.25) is 0 Å². The number of nitrogens with zero attached hydrogens (tertiary/aromatic N) is 1. The first kappa shape index (κ1) is 22.7. The minimum Gasteiger partial charge on any atom is -0.299 e. The van der Waals surface area contributed by atoms with E-state index in [-0.39, 0.29) is 17.3 Å². The van der Waals surface area contributed by atoms with Gasteiger partial charge in [0.25, 0.3) is 0 Å². The Bertz CT molecular complexity index is 1120. The maximum atomic E-state index is 14.0. The van der Waals surface area contributed by atoms with Crippen LogP contribution in [0.4, 0.5) is 4.39 Å². The Morgan fingerprint density at radius 1 is 0.900 bits per heavy atom. The van der Waals surface area contributed by atoms with Gasteiger partial charge in [0.2, 0.25) is 10.0 Å². The number of sulfonamides is 1. The molecule has 4 nitrogen and oxygen atoms in total. The second-order valence-corrected chi connectivity index (χ2v) is 9.23. The van der Waals surface area contributed by atoms with E-state index in [0.29, 0.717) is 17.3 Å². The largest absolute Gasteiger partial charge is 0.299 e. The van der Waals surface area contributed by atoms with Gasteiger partial charge in [-0.2, -0.15) is 0 Å². The van der Waals surface area contributed by atoms with Crippen molar-refractivity contribution in [2.24, 2.45) is 0 Å². The van der Waals surface area contributed by atoms with Crippen molar-refractivity contribution in [2.75, 3.05) is 19.6 Å². The fourth-order valence-electron chi connectivity index (χ4n) is 3.96. The highest BCUT2D eigenvalue weighted by Crippen LogP contribution is 2.25. The minimum atomic E-state index is -3.68. The number of rotatable bonds is 7. The van der Waals surface area contributed by atoms with Crippen LogP contribution in [0.15, 0.2) is 65.6 Å². The van der Waals surface area contributed by atoms with E-state index in [1.165, 1.54) is 23.3 Å². The molecule has 30 heavy (non-hydrogen) atoms. The maximum Gasteiger partial charge on any atom is 0.241 e. The number of halogens is 2. The monoisotopic (exact) mass is 448 g/mol. The Kier molecular flexibility index (Phi) is 7.47. The van der Waals surface area contributed by atoms with Crippen LogP contribution >= 0.6 is 12.4 Å². The molecule has 0 saturated heterocycles. The SMILES string of the molecule is Cl.O=S(=O)(NCCCCN1CCc2ccccc2C1)c1ccc(F)c2ccccc12. The lowest BCUT2D eigenvalue weighted by molar-refractivity contribution is 0.249. The van der Waals surface area contributed by atoms with E-state index >= 15 is 0 Å². The summed E-state index contributed by atoms with van der Waals surface area (Å²) < 4.78 is 42.1. The van der Waals surface area contributed by atoms with Crippen LogP contribution in [0.5, 0.6) is 0 Å². The van der Waals surface area contributed by atoms with E-state index < -0.39 is 15.8 Å². The average molecular weight is 449 g/mol. The summed E-state index contributed by atoms with van der Waals surface area (Å²) in [7, 11) is -3.68. The molecule has 160 valence electrons. The van der Waals surface area contributed by atoms with Crippen LogP contribution in [-0.4, -0.2) is 33.0 Å². The molecule has 0 fully saturated rings. The quantitative estimate of drug-likeness (QED) is 0.541. The van der Waals surface area contributed by atoms with E-state index in [1.807, 2.05) is 0 Å². The number of hydrogen-bond acceptors (Lipinski definition) is 3. The third kappa shape index (κ3) is 5.01. The van der Waals surface area contributed by atoms with Crippen molar-refractivity contribution < 1.29 is 12.8 Å². The lowest BCUT2D eigenvalue weighted by Crippen LogP contribution is -2.32. The molecule has 0 aromatic heterocycles. The third-order valence-corrected chi connectivity index (χ3v) is 7.04. The average Bonchev–Trinajstić information content (AvgIpc) is 2.73. The Hall–Kier alpha value is -1.99. The van der Waals surface area contributed by atoms with E-state index in [4.69, 9.17) is 0 Å². The smallest absolute Gasteiger partial charge is 0.241 e. The summed E-state index contributed by atoms with van der Waals surface area (Å²) in [4.78, 5) is 2.55. The molecule has 3 aromatic rings. The van der Waals surface area contributed by atoms with Crippen LogP contribution in [0.25, 0.3) is 10.8 Å². The molecular formula is C23H26ClFN2O2S. The highest BCUT2D eigenvalue weighted by atomic mass is 35.5. The third-order valence-electron chi connectivity index (χ3n) is 5.52. The second kappa shape index (κ2) is 9.88. The fraction of sp³-hybridized carbons (Fsp3) is 0.304. The van der Waals surface area contributed by atoms with Gasteiger partial charge in [0.1, 0.15) is 5.82 Å². The molecule has 0 atom stereocenters. The summed E-state index contributed by atoms with van der Waals surface area (Å²) in [6, 6.07) is 17.8. The minimum absolute atomic E-state index is 0. The van der Waals surface area contributed by atoms with Crippen molar-refractivity contribution in [3.05, 3.63) is 77.6 Å². The van der Waals surface area contributed by atoms with Gasteiger partial charge in [-0.05, 0) is 49.1 Å². The molecule has 1 N–H and O–H groups in total. The van der Waals surface area contributed by atoms with Gasteiger partial charge in [-0.25, -0.2) is 17.5 Å². The van der Waals surface area contributed by atoms with Crippen LogP contribution in [0, 0.1) is 5.82 Å². The molecule has 0 bridgehead atoms. The molecular weight excluding hydrogens is 423 g/mol. The van der Waals surface area contributed by atoms with Crippen molar-refractivity contribution in [1.82, 2.24) is 9.62 Å². The molecule has 1 aliphatic rings. The summed E-state index contributed by atoms with van der Waals surface area (Å²) in [6.07, 6.45) is 2.76. The van der Waals surface area contributed by atoms with Crippen LogP contribution in [0.1, 0.15) is 24.0 Å². The number of nitrogens with one attached hydrogen (secondary N) is 1. The summed E-state index contributed by atoms with van der Waals surface area (Å²) in [5, 5.41) is 0.729. The molecule has 4 rings (SSSR count). The van der Waals surface area contributed by atoms with Crippen LogP contribution in [0.3, 0.4) is 0 Å². The Labute approximate surface area is 183 Å². The molecule has 0 amide bonds. The number of hydrogen-bond donors (Lipinski definition) is 1. The summed E-state index contributed by atoms with van der Waals surface area (Å²) in [6.45, 7) is 3.34. The van der Waals surface area contributed by atoms with Gasteiger partial charge in [0.05, 0.1) is 4.90 Å². The predicted octanol–water partition coefficient (Wildman–Crippen LogP) is 4.52. The topological polar surface area (TPSA) is 49.4 Å². The van der Waals surface area contributed by atoms with E-state index in [9.17, 15) is 12.8 Å². The first-order chi connectivity index (χ1) is 14.0. The first-order valence-electron chi connectivity index (χ1n) is 10.0. The molecule has 0 saturated carbocycles. The highest BCUT2D eigenvalue weighted by molar-refractivity contribution is 7.89. The van der Waals surface area contributed by atoms with E-state index in [2.05, 4.69) is 33.9 Å². The normalized spacial score (nSPS) is 14.3. The molecule has 1 aliphatic heterocycles. The van der Waals surface area contributed by atoms with Gasteiger partial charge in [0.15, 0.2) is 0 Å². The van der Waals surface area contributed by atoms with Crippen molar-refractivity contribution in [3.8, 4) is 0 Å². The van der Waals surface area contributed by atoms with E-state index in [1.54, 1.807) is 24.3 Å². The van der Waals surface area contributed by atoms with Gasteiger partial charge in [-0.15, -0.1) is 12.4 Å². The standard InChI is InChI=1S/C23H25FN2O2S.ClH/c24-22-11-12-23(21-10-4-3-9-20(21)22)29(27,28)25-14-5-6-15-26-16-13-18-7-1-2-8-19(18)17-26;/h1-4,7-12,25H,5-6,13-17H2;1H. The zero-order valence-corrected chi connectivity index (χ0v) is 18.3. The highest BCUT2D eigenvalue weighted by Gasteiger charge is 2.19. The summed E-state index contributed by atoms with van der Waals surface area (Å²) in [5.41, 5.74) is 2.82. The molecule has 7 heteroatoms. The number of unbranched alkanes of at least 4 members (excludes halogenated alkanes) is 1. The van der Waals surface area contributed by atoms with Crippen molar-refractivity contribution >= 4 is 33.2 Å². The van der Waals surface area contributed by atoms with Crippen molar-refractivity contribution in [2.45, 2.75) is 30.7 Å². The zero-order chi connectivity index (χ0) is 20.3. The van der Waals surface area contributed by atoms with Gasteiger partial charge >= 0.3 is 0 Å². The summed E-state index contributed by atoms with van der Waals surface area (Å²) in [5.74, 6) is -0.414. The van der Waals surface area contributed by atoms with Crippen LogP contribution in [-0.2, 0) is 23.0 Å². The van der Waals surface area contributed by atoms with Gasteiger partial charge in [-0.3, -0.25) is 4.90 Å². The van der Waals surface area contributed by atoms with E-state index in [0.717, 1.165) is 38.9 Å². The van der Waals surface area contributed by atoms with Crippen molar-refractivity contribution in [3.63, 3.8) is 0 Å². The van der Waals surface area contributed by atoms with Crippen LogP contribution < -0.4 is 4.72 Å². The first-order valence-corrected chi connectivity index (χ1v) is 11.5. The Balaban J connectivity index is 0.00000256. The van der Waals surface area contributed by atoms with Gasteiger partial charge in [0, 0.05) is 30.4 Å². The maximum absolute atomic E-state index is 14.0. The Morgan fingerprint density at radius 3 is 2.40 bits per heavy atom. The molecule has 0 aliphatic carbocycles. The zero-order valence-electron chi connectivity index (χ0n) is 16.7. The molecule has 0 spiro atoms. The fourth-order valence-corrected chi connectivity index (χ4v) is 5.24. The molecule has 1 heterocycles. The second-order valence-electron chi connectivity index (χ2n) is 7.49. The molecule has 0 unspecified atom stereocenters. The summed E-state index contributed by atoms with van der Waals surface area (Å²) >= 11 is 0. The predicted molar refractivity (Wildman–Crippen MR) is 121 cm³/mol. The molecule has 0 radical (unpaired) electrons. The molecule has 3 aromatic carbocycles. The lowest BCUT2D eigenvalue weighted by Gasteiger charge is -2.28. The number of fused-ring (bicyclic) bond motifs is 2. The Morgan fingerprint density at radius 2 is 1.60 bits per heavy atom. The number of benzene rings is 3. The van der Waals surface area contributed by atoms with Gasteiger partial charge in [-0.1, -0.05) is 48.5 Å².